The quantitative estimate of drug-likeness (QED) is 0.809. The van der Waals surface area contributed by atoms with E-state index in [0.29, 0.717) is 24.6 Å². The highest BCUT2D eigenvalue weighted by Gasteiger charge is 2.19. The molecule has 0 saturated heterocycles. The second kappa shape index (κ2) is 5.96. The molecule has 18 heavy (non-hydrogen) atoms. The maximum atomic E-state index is 13.3. The number of hydrogen-bond donors (Lipinski definition) is 2. The van der Waals surface area contributed by atoms with Crippen molar-refractivity contribution in [3.63, 3.8) is 0 Å². The Bertz CT molecular complexity index is 430. The average molecular weight is 250 g/mol. The van der Waals surface area contributed by atoms with E-state index < -0.39 is 0 Å². The van der Waals surface area contributed by atoms with Crippen LogP contribution in [0.4, 0.5) is 4.39 Å². The molecule has 2 N–H and O–H groups in total. The van der Waals surface area contributed by atoms with Crippen molar-refractivity contribution in [2.24, 2.45) is 0 Å². The van der Waals surface area contributed by atoms with Crippen molar-refractivity contribution in [2.75, 3.05) is 6.54 Å². The lowest BCUT2D eigenvalue weighted by atomic mass is 10.1. The molecule has 0 atom stereocenters. The fraction of sp³-hybridized carbons (Fsp3) is 0.500. The minimum Gasteiger partial charge on any atom is -0.352 e. The summed E-state index contributed by atoms with van der Waals surface area (Å²) in [4.78, 5) is 11.5. The van der Waals surface area contributed by atoms with E-state index in [2.05, 4.69) is 10.6 Å². The van der Waals surface area contributed by atoms with Gasteiger partial charge in [-0.05, 0) is 37.0 Å². The first-order chi connectivity index (χ1) is 8.65. The summed E-state index contributed by atoms with van der Waals surface area (Å²) in [6, 6.07) is 5.66. The van der Waals surface area contributed by atoms with Crippen LogP contribution in [0.1, 0.15) is 30.4 Å². The van der Waals surface area contributed by atoms with Gasteiger partial charge < -0.3 is 10.6 Å². The maximum absolute atomic E-state index is 13.3. The third-order valence-corrected chi connectivity index (χ3v) is 3.09. The Labute approximate surface area is 107 Å². The van der Waals surface area contributed by atoms with Crippen molar-refractivity contribution in [3.8, 4) is 0 Å². The van der Waals surface area contributed by atoms with Gasteiger partial charge in [-0.25, -0.2) is 4.39 Å². The fourth-order valence-electron chi connectivity index (χ4n) is 1.71. The number of carbonyl (C=O) groups excluding carboxylic acids is 1. The lowest BCUT2D eigenvalue weighted by Crippen LogP contribution is -2.28. The van der Waals surface area contributed by atoms with Crippen LogP contribution in [-0.4, -0.2) is 18.5 Å². The molecule has 1 saturated carbocycles. The second-order valence-corrected chi connectivity index (χ2v) is 4.84. The van der Waals surface area contributed by atoms with Gasteiger partial charge in [-0.2, -0.15) is 0 Å². The molecule has 98 valence electrons. The van der Waals surface area contributed by atoms with Gasteiger partial charge in [0.05, 0.1) is 0 Å². The van der Waals surface area contributed by atoms with Crippen LogP contribution in [0.2, 0.25) is 0 Å². The molecular weight excluding hydrogens is 231 g/mol. The Hall–Kier alpha value is -1.42. The van der Waals surface area contributed by atoms with Crippen LogP contribution in [0.25, 0.3) is 0 Å². The Morgan fingerprint density at radius 2 is 2.22 bits per heavy atom. The lowest BCUT2D eigenvalue weighted by molar-refractivity contribution is -0.121. The van der Waals surface area contributed by atoms with E-state index in [9.17, 15) is 9.18 Å². The second-order valence-electron chi connectivity index (χ2n) is 4.84. The van der Waals surface area contributed by atoms with Gasteiger partial charge in [-0.1, -0.05) is 12.1 Å². The van der Waals surface area contributed by atoms with E-state index >= 15 is 0 Å². The molecule has 1 aliphatic rings. The number of aryl methyl sites for hydroxylation is 1. The van der Waals surface area contributed by atoms with Crippen molar-refractivity contribution >= 4 is 5.91 Å². The predicted molar refractivity (Wildman–Crippen MR) is 68.6 cm³/mol. The van der Waals surface area contributed by atoms with Crippen molar-refractivity contribution in [2.45, 2.75) is 38.8 Å². The minimum absolute atomic E-state index is 0.00383. The zero-order chi connectivity index (χ0) is 13.0. The molecule has 0 radical (unpaired) electrons. The molecule has 1 aromatic carbocycles. The van der Waals surface area contributed by atoms with Gasteiger partial charge in [0.15, 0.2) is 0 Å². The molecule has 1 fully saturated rings. The van der Waals surface area contributed by atoms with Crippen LogP contribution >= 0.6 is 0 Å². The van der Waals surface area contributed by atoms with Gasteiger partial charge in [0.2, 0.25) is 5.91 Å². The maximum Gasteiger partial charge on any atom is 0.221 e. The molecule has 2 rings (SSSR count). The van der Waals surface area contributed by atoms with Gasteiger partial charge in [0.25, 0.3) is 0 Å². The highest BCUT2D eigenvalue weighted by molar-refractivity contribution is 5.76. The first kappa shape index (κ1) is 13.0. The summed E-state index contributed by atoms with van der Waals surface area (Å²) in [5.74, 6) is -0.221. The molecule has 0 heterocycles. The SMILES string of the molecule is Cc1ccc(CNC(=O)CCNC2CC2)cc1F. The lowest BCUT2D eigenvalue weighted by Gasteiger charge is -2.07. The molecule has 0 aliphatic heterocycles. The van der Waals surface area contributed by atoms with E-state index in [1.165, 1.54) is 18.9 Å². The number of rotatable bonds is 6. The van der Waals surface area contributed by atoms with E-state index in [0.717, 1.165) is 12.1 Å². The van der Waals surface area contributed by atoms with Gasteiger partial charge in [-0.3, -0.25) is 4.79 Å². The Kier molecular flexibility index (Phi) is 4.31. The van der Waals surface area contributed by atoms with Gasteiger partial charge in [-0.15, -0.1) is 0 Å². The normalized spacial score (nSPS) is 14.6. The first-order valence-electron chi connectivity index (χ1n) is 6.40. The highest BCUT2D eigenvalue weighted by Crippen LogP contribution is 2.18. The van der Waals surface area contributed by atoms with E-state index in [4.69, 9.17) is 0 Å². The zero-order valence-electron chi connectivity index (χ0n) is 10.6. The summed E-state index contributed by atoms with van der Waals surface area (Å²) < 4.78 is 13.3. The van der Waals surface area contributed by atoms with Gasteiger partial charge in [0, 0.05) is 25.6 Å². The van der Waals surface area contributed by atoms with Crippen molar-refractivity contribution in [3.05, 3.63) is 35.1 Å². The van der Waals surface area contributed by atoms with Crippen LogP contribution in [0.3, 0.4) is 0 Å². The van der Waals surface area contributed by atoms with E-state index in [-0.39, 0.29) is 11.7 Å². The Morgan fingerprint density at radius 3 is 2.89 bits per heavy atom. The number of halogens is 1. The van der Waals surface area contributed by atoms with Crippen LogP contribution in [0.5, 0.6) is 0 Å². The third-order valence-electron chi connectivity index (χ3n) is 3.09. The molecule has 1 aliphatic carbocycles. The standard InChI is InChI=1S/C14H19FN2O/c1-10-2-3-11(8-13(10)15)9-17-14(18)6-7-16-12-4-5-12/h2-3,8,12,16H,4-7,9H2,1H3,(H,17,18). The molecule has 0 bridgehead atoms. The van der Waals surface area contributed by atoms with E-state index in [1.54, 1.807) is 13.0 Å². The van der Waals surface area contributed by atoms with Gasteiger partial charge >= 0.3 is 0 Å². The van der Waals surface area contributed by atoms with Crippen LogP contribution in [0.15, 0.2) is 18.2 Å². The first-order valence-corrected chi connectivity index (χ1v) is 6.40. The number of carbonyl (C=O) groups is 1. The van der Waals surface area contributed by atoms with Crippen LogP contribution < -0.4 is 10.6 Å². The summed E-state index contributed by atoms with van der Waals surface area (Å²) in [5.41, 5.74) is 1.42. The Morgan fingerprint density at radius 1 is 1.44 bits per heavy atom. The Balaban J connectivity index is 1.68. The predicted octanol–water partition coefficient (Wildman–Crippen LogP) is 1.89. The van der Waals surface area contributed by atoms with Crippen molar-refractivity contribution < 1.29 is 9.18 Å². The smallest absolute Gasteiger partial charge is 0.221 e. The summed E-state index contributed by atoms with van der Waals surface area (Å²) >= 11 is 0. The molecular formula is C14H19FN2O. The third kappa shape index (κ3) is 4.11. The number of nitrogens with one attached hydrogen (secondary N) is 2. The summed E-state index contributed by atoms with van der Waals surface area (Å²) in [6.07, 6.45) is 2.93. The number of amides is 1. The average Bonchev–Trinajstić information content (AvgIpc) is 3.15. The topological polar surface area (TPSA) is 41.1 Å². The molecule has 0 spiro atoms. The van der Waals surface area contributed by atoms with Crippen LogP contribution in [0, 0.1) is 12.7 Å². The van der Waals surface area contributed by atoms with Crippen molar-refractivity contribution in [1.29, 1.82) is 0 Å². The molecule has 1 aromatic rings. The molecule has 0 unspecified atom stereocenters. The molecule has 4 heteroatoms. The molecule has 1 amide bonds. The number of benzene rings is 1. The minimum atomic E-state index is -0.225. The molecule has 3 nitrogen and oxygen atoms in total. The number of hydrogen-bond acceptors (Lipinski definition) is 2. The zero-order valence-corrected chi connectivity index (χ0v) is 10.6. The van der Waals surface area contributed by atoms with E-state index in [1.807, 2.05) is 6.07 Å². The van der Waals surface area contributed by atoms with Crippen LogP contribution in [-0.2, 0) is 11.3 Å². The fourth-order valence-corrected chi connectivity index (χ4v) is 1.71. The highest BCUT2D eigenvalue weighted by atomic mass is 19.1. The molecule has 0 aromatic heterocycles. The monoisotopic (exact) mass is 250 g/mol. The largest absolute Gasteiger partial charge is 0.352 e. The summed E-state index contributed by atoms with van der Waals surface area (Å²) in [7, 11) is 0. The summed E-state index contributed by atoms with van der Waals surface area (Å²) in [5, 5.41) is 6.08. The van der Waals surface area contributed by atoms with Gasteiger partial charge in [0.1, 0.15) is 5.82 Å². The van der Waals surface area contributed by atoms with Crippen molar-refractivity contribution in [1.82, 2.24) is 10.6 Å². The summed E-state index contributed by atoms with van der Waals surface area (Å²) in [6.45, 7) is 2.83.